The summed E-state index contributed by atoms with van der Waals surface area (Å²) in [6.45, 7) is 5.25. The summed E-state index contributed by atoms with van der Waals surface area (Å²) in [6, 6.07) is 0. The summed E-state index contributed by atoms with van der Waals surface area (Å²) in [5.41, 5.74) is 2.39. The van der Waals surface area contributed by atoms with Crippen molar-refractivity contribution in [2.24, 2.45) is 0 Å². The Morgan fingerprint density at radius 2 is 1.79 bits per heavy atom. The highest BCUT2D eigenvalue weighted by Gasteiger charge is 2.40. The number of ether oxygens (including phenoxy) is 1. The third-order valence-corrected chi connectivity index (χ3v) is 4.39. The molecule has 1 rings (SSSR count). The van der Waals surface area contributed by atoms with Crippen molar-refractivity contribution in [1.82, 2.24) is 0 Å². The number of hydrogen-bond acceptors (Lipinski definition) is 2. The van der Waals surface area contributed by atoms with Gasteiger partial charge in [-0.3, -0.25) is 0 Å². The molecule has 0 aliphatic carbocycles. The van der Waals surface area contributed by atoms with E-state index in [1.807, 2.05) is 6.92 Å². The van der Waals surface area contributed by atoms with Gasteiger partial charge in [0.2, 0.25) is 0 Å². The molecule has 0 radical (unpaired) electrons. The Labute approximate surface area is 118 Å². The minimum absolute atomic E-state index is 0.213. The Balaban J connectivity index is 3.47. The van der Waals surface area contributed by atoms with Crippen LogP contribution in [0.15, 0.2) is 4.47 Å². The van der Waals surface area contributed by atoms with Crippen molar-refractivity contribution in [3.8, 4) is 5.75 Å². The summed E-state index contributed by atoms with van der Waals surface area (Å²) in [5, 5.41) is 8.55. The van der Waals surface area contributed by atoms with Gasteiger partial charge in [0, 0.05) is 10.0 Å². The maximum absolute atomic E-state index is 13.4. The second-order valence-electron chi connectivity index (χ2n) is 4.39. The molecule has 0 aliphatic heterocycles. The summed E-state index contributed by atoms with van der Waals surface area (Å²) < 4.78 is 32.7. The topological polar surface area (TPSA) is 46.5 Å². The van der Waals surface area contributed by atoms with Crippen LogP contribution in [0, 0.1) is 20.8 Å². The van der Waals surface area contributed by atoms with E-state index in [9.17, 15) is 13.6 Å². The maximum Gasteiger partial charge on any atom is 0.374 e. The minimum Gasteiger partial charge on any atom is -0.496 e. The molecule has 1 aromatic rings. The van der Waals surface area contributed by atoms with E-state index in [1.165, 1.54) is 7.11 Å². The molecule has 0 aromatic heterocycles. The Hall–Kier alpha value is -1.17. The van der Waals surface area contributed by atoms with Crippen molar-refractivity contribution >= 4 is 21.9 Å². The van der Waals surface area contributed by atoms with Crippen LogP contribution in [0.3, 0.4) is 0 Å². The van der Waals surface area contributed by atoms with Gasteiger partial charge in [-0.1, -0.05) is 15.9 Å². The molecular formula is C13H15BrF2O3. The molecule has 0 amide bonds. The zero-order valence-corrected chi connectivity index (χ0v) is 12.7. The average molecular weight is 337 g/mol. The Morgan fingerprint density at radius 1 is 1.26 bits per heavy atom. The van der Waals surface area contributed by atoms with Gasteiger partial charge in [0.05, 0.1) is 13.5 Å². The number of methoxy groups -OCH3 is 1. The van der Waals surface area contributed by atoms with Crippen LogP contribution in [0.2, 0.25) is 0 Å². The number of aliphatic carboxylic acids is 1. The zero-order valence-electron chi connectivity index (χ0n) is 11.1. The van der Waals surface area contributed by atoms with E-state index >= 15 is 0 Å². The normalized spacial score (nSPS) is 11.5. The van der Waals surface area contributed by atoms with Gasteiger partial charge in [-0.25, -0.2) is 4.79 Å². The Kier molecular flexibility index (Phi) is 4.55. The second kappa shape index (κ2) is 5.45. The molecule has 19 heavy (non-hydrogen) atoms. The quantitative estimate of drug-likeness (QED) is 0.912. The zero-order chi connectivity index (χ0) is 15.0. The molecule has 6 heteroatoms. The van der Waals surface area contributed by atoms with Crippen molar-refractivity contribution in [3.05, 3.63) is 26.7 Å². The molecule has 0 spiro atoms. The first-order valence-electron chi connectivity index (χ1n) is 5.56. The van der Waals surface area contributed by atoms with Gasteiger partial charge in [0.15, 0.2) is 0 Å². The monoisotopic (exact) mass is 336 g/mol. The fourth-order valence-electron chi connectivity index (χ4n) is 1.93. The lowest BCUT2D eigenvalue weighted by Gasteiger charge is -2.21. The van der Waals surface area contributed by atoms with Crippen LogP contribution in [-0.4, -0.2) is 24.1 Å². The van der Waals surface area contributed by atoms with Crippen LogP contribution in [0.5, 0.6) is 5.75 Å². The van der Waals surface area contributed by atoms with Gasteiger partial charge < -0.3 is 9.84 Å². The Bertz CT molecular complexity index is 527. The Morgan fingerprint density at radius 3 is 2.21 bits per heavy atom. The summed E-state index contributed by atoms with van der Waals surface area (Å²) in [5.74, 6) is -5.64. The summed E-state index contributed by atoms with van der Waals surface area (Å²) in [7, 11) is 1.39. The smallest absolute Gasteiger partial charge is 0.374 e. The summed E-state index contributed by atoms with van der Waals surface area (Å²) in [4.78, 5) is 10.6. The number of rotatable bonds is 4. The van der Waals surface area contributed by atoms with Crippen LogP contribution < -0.4 is 4.74 Å². The number of alkyl halides is 2. The van der Waals surface area contributed by atoms with Gasteiger partial charge in [0.25, 0.3) is 0 Å². The lowest BCUT2D eigenvalue weighted by atomic mass is 9.94. The van der Waals surface area contributed by atoms with Gasteiger partial charge in [-0.2, -0.15) is 8.78 Å². The molecule has 0 unspecified atom stereocenters. The lowest BCUT2D eigenvalue weighted by molar-refractivity contribution is -0.164. The highest BCUT2D eigenvalue weighted by molar-refractivity contribution is 9.10. The standard InChI is InChI=1S/C13H15BrF2O3/c1-6-7(2)11(19-4)9(8(3)10(6)14)5-13(15,16)12(17)18/h5H2,1-4H3,(H,17,18). The minimum atomic E-state index is -3.82. The number of halogens is 3. The molecular weight excluding hydrogens is 322 g/mol. The van der Waals surface area contributed by atoms with Gasteiger partial charge in [-0.05, 0) is 37.5 Å². The fraction of sp³-hybridized carbons (Fsp3) is 0.462. The second-order valence-corrected chi connectivity index (χ2v) is 5.18. The summed E-state index contributed by atoms with van der Waals surface area (Å²) >= 11 is 3.34. The molecule has 0 heterocycles. The molecule has 3 nitrogen and oxygen atoms in total. The first-order valence-corrected chi connectivity index (χ1v) is 6.36. The molecule has 1 aromatic carbocycles. The number of carbonyl (C=O) groups is 1. The van der Waals surface area contributed by atoms with Crippen molar-refractivity contribution in [3.63, 3.8) is 0 Å². The number of hydrogen-bond donors (Lipinski definition) is 1. The predicted octanol–water partition coefficient (Wildman–Crippen LogP) is 3.65. The van der Waals surface area contributed by atoms with E-state index in [0.29, 0.717) is 15.8 Å². The van der Waals surface area contributed by atoms with Crippen molar-refractivity contribution in [2.45, 2.75) is 33.1 Å². The van der Waals surface area contributed by atoms with E-state index < -0.39 is 18.3 Å². The number of carboxylic acids is 1. The highest BCUT2D eigenvalue weighted by atomic mass is 79.9. The van der Waals surface area contributed by atoms with Gasteiger partial charge in [-0.15, -0.1) is 0 Å². The largest absolute Gasteiger partial charge is 0.496 e. The molecule has 0 bridgehead atoms. The third kappa shape index (κ3) is 2.88. The SMILES string of the molecule is COc1c(C)c(C)c(Br)c(C)c1CC(F)(F)C(=O)O. The van der Waals surface area contributed by atoms with E-state index in [1.54, 1.807) is 13.8 Å². The first-order chi connectivity index (χ1) is 8.63. The fourth-order valence-corrected chi connectivity index (χ4v) is 2.47. The van der Waals surface area contributed by atoms with Gasteiger partial charge >= 0.3 is 11.9 Å². The van der Waals surface area contributed by atoms with Crippen LogP contribution in [0.1, 0.15) is 22.3 Å². The molecule has 0 fully saturated rings. The van der Waals surface area contributed by atoms with Crippen LogP contribution in [0.25, 0.3) is 0 Å². The van der Waals surface area contributed by atoms with E-state index in [0.717, 1.165) is 11.1 Å². The lowest BCUT2D eigenvalue weighted by Crippen LogP contribution is -2.31. The van der Waals surface area contributed by atoms with Gasteiger partial charge in [0.1, 0.15) is 5.75 Å². The van der Waals surface area contributed by atoms with Crippen molar-refractivity contribution in [2.75, 3.05) is 7.11 Å². The first kappa shape index (κ1) is 15.9. The third-order valence-electron chi connectivity index (χ3n) is 3.20. The highest BCUT2D eigenvalue weighted by Crippen LogP contribution is 2.38. The molecule has 1 N–H and O–H groups in total. The van der Waals surface area contributed by atoms with Crippen LogP contribution in [0.4, 0.5) is 8.78 Å². The molecule has 0 aliphatic rings. The maximum atomic E-state index is 13.4. The summed E-state index contributed by atoms with van der Waals surface area (Å²) in [6.07, 6.45) is -0.892. The molecule has 0 atom stereocenters. The van der Waals surface area contributed by atoms with Crippen LogP contribution >= 0.6 is 15.9 Å². The molecule has 0 saturated carbocycles. The van der Waals surface area contributed by atoms with E-state index in [-0.39, 0.29) is 5.56 Å². The molecule has 0 saturated heterocycles. The van der Waals surface area contributed by atoms with E-state index in [2.05, 4.69) is 15.9 Å². The number of benzene rings is 1. The van der Waals surface area contributed by atoms with E-state index in [4.69, 9.17) is 9.84 Å². The van der Waals surface area contributed by atoms with Crippen LogP contribution in [-0.2, 0) is 11.2 Å². The average Bonchev–Trinajstić information content (AvgIpc) is 2.33. The van der Waals surface area contributed by atoms with Crippen molar-refractivity contribution in [1.29, 1.82) is 0 Å². The van der Waals surface area contributed by atoms with Crippen molar-refractivity contribution < 1.29 is 23.4 Å². The molecule has 106 valence electrons. The number of carboxylic acid groups (broad SMARTS) is 1. The predicted molar refractivity (Wildman–Crippen MR) is 71.2 cm³/mol.